The van der Waals surface area contributed by atoms with Gasteiger partial charge in [-0.3, -0.25) is 10.1 Å². The highest BCUT2D eigenvalue weighted by molar-refractivity contribution is 7.91. The number of rotatable bonds is 13. The molecule has 226 valence electrons. The normalized spacial score (nSPS) is 19.8. The fourth-order valence-electron chi connectivity index (χ4n) is 4.74. The molecular weight excluding hydrogens is 582 g/mol. The Morgan fingerprint density at radius 3 is 2.74 bits per heavy atom. The van der Waals surface area contributed by atoms with E-state index in [-0.39, 0.29) is 22.5 Å². The Morgan fingerprint density at radius 2 is 2.02 bits per heavy atom. The molecule has 0 saturated carbocycles. The molecule has 0 bridgehead atoms. The van der Waals surface area contributed by atoms with Crippen molar-refractivity contribution >= 4 is 48.3 Å². The van der Waals surface area contributed by atoms with Gasteiger partial charge in [0, 0.05) is 37.8 Å². The second-order valence-electron chi connectivity index (χ2n) is 10.3. The molecule has 0 spiro atoms. The maximum atomic E-state index is 13.4. The van der Waals surface area contributed by atoms with Gasteiger partial charge in [0.25, 0.3) is 5.91 Å². The zero-order valence-corrected chi connectivity index (χ0v) is 25.3. The van der Waals surface area contributed by atoms with Crippen LogP contribution in [0.15, 0.2) is 46.4 Å². The number of oxime groups is 1. The number of anilines is 1. The molecule has 0 aliphatic carbocycles. The maximum Gasteiger partial charge on any atom is 0.280 e. The van der Waals surface area contributed by atoms with Crippen LogP contribution in [0.25, 0.3) is 10.3 Å². The summed E-state index contributed by atoms with van der Waals surface area (Å²) in [5, 5.41) is 7.29. The average Bonchev–Trinajstić information content (AvgIpc) is 3.73. The van der Waals surface area contributed by atoms with Crippen molar-refractivity contribution in [1.29, 1.82) is 0 Å². The minimum atomic E-state index is -3.50. The molecule has 2 aromatic heterocycles. The van der Waals surface area contributed by atoms with Crippen molar-refractivity contribution in [3.63, 3.8) is 0 Å². The van der Waals surface area contributed by atoms with Gasteiger partial charge < -0.3 is 23.9 Å². The van der Waals surface area contributed by atoms with Crippen LogP contribution in [0.4, 0.5) is 5.13 Å². The number of carbonyl (C=O) groups is 1. The van der Waals surface area contributed by atoms with E-state index in [1.54, 1.807) is 18.2 Å². The number of aromatic nitrogens is 2. The number of pyridine rings is 1. The van der Waals surface area contributed by atoms with E-state index in [0.29, 0.717) is 72.2 Å². The molecule has 4 heterocycles. The molecule has 2 aliphatic rings. The van der Waals surface area contributed by atoms with Gasteiger partial charge in [0.15, 0.2) is 26.8 Å². The highest BCUT2D eigenvalue weighted by atomic mass is 32.2. The van der Waals surface area contributed by atoms with E-state index in [9.17, 15) is 13.2 Å². The average molecular weight is 618 g/mol. The molecule has 5 rings (SSSR count). The first-order valence-electron chi connectivity index (χ1n) is 13.9. The number of amides is 1. The summed E-state index contributed by atoms with van der Waals surface area (Å²) in [5.74, 6) is -0.0805. The van der Waals surface area contributed by atoms with Gasteiger partial charge in [0.1, 0.15) is 17.0 Å². The van der Waals surface area contributed by atoms with Gasteiger partial charge in [0.05, 0.1) is 23.9 Å². The Hall–Kier alpha value is -3.17. The van der Waals surface area contributed by atoms with Crippen molar-refractivity contribution in [3.05, 3.63) is 42.0 Å². The molecule has 12 nitrogen and oxygen atoms in total. The van der Waals surface area contributed by atoms with E-state index in [2.05, 4.69) is 32.4 Å². The zero-order chi connectivity index (χ0) is 29.5. The standard InChI is InChI=1S/C28H35N5O7S2/c1-33-13-3-5-20(33)17-39-24-11-10-23-27(30-24)41-28(29-23)31-26(34)25(32-40-21-12-15-38-18-21)19-6-8-22(9-7-19)42(35,36)16-4-14-37-2/h6-11,20-21H,3-5,12-18H2,1-2H3,(H,29,31,34)/b32-25+/t20-,21-/m1/s1. The smallest absolute Gasteiger partial charge is 0.280 e. The monoisotopic (exact) mass is 617 g/mol. The van der Waals surface area contributed by atoms with Gasteiger partial charge in [-0.05, 0) is 51.1 Å². The van der Waals surface area contributed by atoms with E-state index >= 15 is 0 Å². The molecule has 14 heteroatoms. The largest absolute Gasteiger partial charge is 0.476 e. The second-order valence-corrected chi connectivity index (χ2v) is 13.3. The number of methoxy groups -OCH3 is 1. The number of benzene rings is 1. The number of nitrogens with zero attached hydrogens (tertiary/aromatic N) is 4. The van der Waals surface area contributed by atoms with Crippen molar-refractivity contribution in [3.8, 4) is 5.88 Å². The fourth-order valence-corrected chi connectivity index (χ4v) is 6.85. The van der Waals surface area contributed by atoms with Crippen LogP contribution in [0.1, 0.15) is 31.2 Å². The number of likely N-dealkylation sites (N-methyl/N-ethyl adjacent to an activating group) is 1. The first-order valence-corrected chi connectivity index (χ1v) is 16.3. The molecule has 1 N–H and O–H groups in total. The Labute approximate surface area is 248 Å². The van der Waals surface area contributed by atoms with Crippen LogP contribution in [-0.4, -0.2) is 99.9 Å². The molecule has 3 aromatic rings. The molecule has 2 fully saturated rings. The Morgan fingerprint density at radius 1 is 1.19 bits per heavy atom. The third kappa shape index (κ3) is 7.61. The Bertz CT molecular complexity index is 1500. The minimum Gasteiger partial charge on any atom is -0.476 e. The first-order chi connectivity index (χ1) is 20.3. The number of sulfone groups is 1. The summed E-state index contributed by atoms with van der Waals surface area (Å²) in [6.07, 6.45) is 3.03. The lowest BCUT2D eigenvalue weighted by Crippen LogP contribution is -2.30. The van der Waals surface area contributed by atoms with E-state index in [1.807, 2.05) is 6.07 Å². The number of thiazole rings is 1. The molecule has 0 unspecified atom stereocenters. The van der Waals surface area contributed by atoms with Crippen LogP contribution < -0.4 is 10.1 Å². The highest BCUT2D eigenvalue weighted by Gasteiger charge is 2.24. The summed E-state index contributed by atoms with van der Waals surface area (Å²) >= 11 is 1.22. The number of carbonyl (C=O) groups excluding carboxylic acids is 1. The lowest BCUT2D eigenvalue weighted by atomic mass is 10.1. The van der Waals surface area contributed by atoms with Crippen molar-refractivity contribution in [2.75, 3.05) is 58.2 Å². The molecule has 2 atom stereocenters. The minimum absolute atomic E-state index is 0.0119. The van der Waals surface area contributed by atoms with Crippen LogP contribution in [0, 0.1) is 0 Å². The maximum absolute atomic E-state index is 13.4. The summed E-state index contributed by atoms with van der Waals surface area (Å²) in [6, 6.07) is 9.98. The molecule has 42 heavy (non-hydrogen) atoms. The number of hydrogen-bond acceptors (Lipinski definition) is 12. The Balaban J connectivity index is 1.31. The van der Waals surface area contributed by atoms with E-state index < -0.39 is 15.7 Å². The molecule has 1 amide bonds. The lowest BCUT2D eigenvalue weighted by molar-refractivity contribution is -0.110. The van der Waals surface area contributed by atoms with Crippen LogP contribution in [0.2, 0.25) is 0 Å². The quantitative estimate of drug-likeness (QED) is 0.173. The van der Waals surface area contributed by atoms with E-state index in [0.717, 1.165) is 19.4 Å². The molecule has 2 aliphatic heterocycles. The number of likely N-dealkylation sites (tertiary alicyclic amines) is 1. The van der Waals surface area contributed by atoms with Crippen LogP contribution in [0.5, 0.6) is 5.88 Å². The third-order valence-electron chi connectivity index (χ3n) is 7.19. The molecule has 2 saturated heterocycles. The van der Waals surface area contributed by atoms with E-state index in [1.165, 1.54) is 30.6 Å². The topological polar surface area (TPSA) is 142 Å². The predicted molar refractivity (Wildman–Crippen MR) is 159 cm³/mol. The van der Waals surface area contributed by atoms with Crippen molar-refractivity contribution in [2.45, 2.75) is 42.7 Å². The van der Waals surface area contributed by atoms with Gasteiger partial charge in [-0.2, -0.15) is 0 Å². The van der Waals surface area contributed by atoms with Gasteiger partial charge in [-0.25, -0.2) is 18.4 Å². The zero-order valence-electron chi connectivity index (χ0n) is 23.7. The summed E-state index contributed by atoms with van der Waals surface area (Å²) in [5.41, 5.74) is 1.01. The van der Waals surface area contributed by atoms with Gasteiger partial charge in [0.2, 0.25) is 5.88 Å². The SMILES string of the molecule is COCCCS(=O)(=O)c1ccc(/C(=N\O[C@@H]2CCOC2)C(=O)Nc2nc3ccc(OC[C@H]4CCCN4C)nc3s2)cc1. The van der Waals surface area contributed by atoms with Gasteiger partial charge >= 0.3 is 0 Å². The number of hydrogen-bond donors (Lipinski definition) is 1. The number of ether oxygens (including phenoxy) is 3. The van der Waals surface area contributed by atoms with Crippen LogP contribution in [0.3, 0.4) is 0 Å². The van der Waals surface area contributed by atoms with Crippen LogP contribution in [-0.2, 0) is 28.9 Å². The third-order valence-corrected chi connectivity index (χ3v) is 9.89. The van der Waals surface area contributed by atoms with Crippen LogP contribution >= 0.6 is 11.3 Å². The van der Waals surface area contributed by atoms with Crippen molar-refractivity contribution in [1.82, 2.24) is 14.9 Å². The van der Waals surface area contributed by atoms with Gasteiger partial charge in [-0.15, -0.1) is 0 Å². The Kier molecular flexibility index (Phi) is 10.0. The summed E-state index contributed by atoms with van der Waals surface area (Å²) in [7, 11) is 0.131. The van der Waals surface area contributed by atoms with E-state index in [4.69, 9.17) is 19.0 Å². The fraction of sp³-hybridized carbons (Fsp3) is 0.500. The van der Waals surface area contributed by atoms with Crippen molar-refractivity contribution in [2.24, 2.45) is 5.16 Å². The van der Waals surface area contributed by atoms with Gasteiger partial charge in [-0.1, -0.05) is 28.6 Å². The highest BCUT2D eigenvalue weighted by Crippen LogP contribution is 2.27. The first kappa shape index (κ1) is 30.3. The number of fused-ring (bicyclic) bond motifs is 1. The molecular formula is C28H35N5O7S2. The summed E-state index contributed by atoms with van der Waals surface area (Å²) < 4.78 is 41.6. The second kappa shape index (κ2) is 13.9. The molecule has 1 aromatic carbocycles. The molecule has 0 radical (unpaired) electrons. The summed E-state index contributed by atoms with van der Waals surface area (Å²) in [6.45, 7) is 2.92. The predicted octanol–water partition coefficient (Wildman–Crippen LogP) is 3.12. The lowest BCUT2D eigenvalue weighted by Gasteiger charge is -2.19. The number of nitrogens with one attached hydrogen (secondary N) is 1. The summed E-state index contributed by atoms with van der Waals surface area (Å²) in [4.78, 5) is 31.2. The van der Waals surface area contributed by atoms with Crippen molar-refractivity contribution < 1.29 is 32.3 Å².